The Morgan fingerprint density at radius 3 is 2.42 bits per heavy atom. The molecule has 0 saturated heterocycles. The fourth-order valence-electron chi connectivity index (χ4n) is 4.01. The van der Waals surface area contributed by atoms with Crippen LogP contribution in [0.5, 0.6) is 0 Å². The first-order chi connectivity index (χ1) is 12.4. The van der Waals surface area contributed by atoms with E-state index in [9.17, 15) is 4.79 Å². The molecule has 0 atom stereocenters. The van der Waals surface area contributed by atoms with E-state index in [1.54, 1.807) is 6.07 Å². The Labute approximate surface area is 158 Å². The Balaban J connectivity index is 1.92. The van der Waals surface area contributed by atoms with Crippen molar-refractivity contribution in [1.29, 1.82) is 0 Å². The molecule has 0 amide bonds. The van der Waals surface area contributed by atoms with Crippen molar-refractivity contribution in [3.63, 3.8) is 0 Å². The number of carbonyl (C=O) groups is 1. The summed E-state index contributed by atoms with van der Waals surface area (Å²) in [6.07, 6.45) is 0. The minimum Gasteiger partial charge on any atom is -0.465 e. The zero-order chi connectivity index (χ0) is 18.5. The molecule has 0 aromatic heterocycles. The number of methoxy groups -OCH3 is 1. The predicted octanol–water partition coefficient (Wildman–Crippen LogP) is 6.10. The van der Waals surface area contributed by atoms with Gasteiger partial charge in [0.05, 0.1) is 12.7 Å². The smallest absolute Gasteiger partial charge is 0.338 e. The second-order valence-corrected chi connectivity index (χ2v) is 7.49. The van der Waals surface area contributed by atoms with Gasteiger partial charge >= 0.3 is 5.97 Å². The van der Waals surface area contributed by atoms with Crippen molar-refractivity contribution in [3.8, 4) is 22.3 Å². The largest absolute Gasteiger partial charge is 0.465 e. The third kappa shape index (κ3) is 2.37. The molecule has 130 valence electrons. The van der Waals surface area contributed by atoms with E-state index < -0.39 is 0 Å². The SMILES string of the molecule is COC(=O)c1ccccc1-c1ccc2c(c1)C(C)(C)c1c(Cl)cccc1-2. The number of benzene rings is 3. The molecule has 3 aromatic carbocycles. The van der Waals surface area contributed by atoms with Crippen LogP contribution in [0.15, 0.2) is 60.7 Å². The van der Waals surface area contributed by atoms with Gasteiger partial charge in [-0.15, -0.1) is 0 Å². The highest BCUT2D eigenvalue weighted by Gasteiger charge is 2.37. The Bertz CT molecular complexity index is 1030. The first kappa shape index (κ1) is 16.9. The van der Waals surface area contributed by atoms with Crippen LogP contribution >= 0.6 is 11.6 Å². The van der Waals surface area contributed by atoms with E-state index in [2.05, 4.69) is 38.1 Å². The summed E-state index contributed by atoms with van der Waals surface area (Å²) in [6.45, 7) is 4.39. The average molecular weight is 363 g/mol. The van der Waals surface area contributed by atoms with Crippen LogP contribution in [0.3, 0.4) is 0 Å². The molecular formula is C23H19ClO2. The first-order valence-corrected chi connectivity index (χ1v) is 8.94. The highest BCUT2D eigenvalue weighted by Crippen LogP contribution is 2.52. The highest BCUT2D eigenvalue weighted by atomic mass is 35.5. The highest BCUT2D eigenvalue weighted by molar-refractivity contribution is 6.32. The third-order valence-electron chi connectivity index (χ3n) is 5.27. The van der Waals surface area contributed by atoms with Crippen LogP contribution in [0.4, 0.5) is 0 Å². The van der Waals surface area contributed by atoms with E-state index in [-0.39, 0.29) is 11.4 Å². The van der Waals surface area contributed by atoms with Gasteiger partial charge < -0.3 is 4.74 Å². The average Bonchev–Trinajstić information content (AvgIpc) is 2.89. The number of hydrogen-bond acceptors (Lipinski definition) is 2. The lowest BCUT2D eigenvalue weighted by Crippen LogP contribution is -2.15. The van der Waals surface area contributed by atoms with Crippen LogP contribution in [0.1, 0.15) is 35.3 Å². The molecule has 4 rings (SSSR count). The maximum Gasteiger partial charge on any atom is 0.338 e. The zero-order valence-electron chi connectivity index (χ0n) is 15.0. The van der Waals surface area contributed by atoms with Gasteiger partial charge in [-0.3, -0.25) is 0 Å². The first-order valence-electron chi connectivity index (χ1n) is 8.56. The van der Waals surface area contributed by atoms with E-state index in [0.29, 0.717) is 5.56 Å². The number of ether oxygens (including phenoxy) is 1. The van der Waals surface area contributed by atoms with Crippen molar-refractivity contribution in [2.24, 2.45) is 0 Å². The predicted molar refractivity (Wildman–Crippen MR) is 106 cm³/mol. The number of carbonyl (C=O) groups excluding carboxylic acids is 1. The minimum atomic E-state index is -0.327. The van der Waals surface area contributed by atoms with Crippen molar-refractivity contribution in [2.45, 2.75) is 19.3 Å². The maximum atomic E-state index is 12.2. The van der Waals surface area contributed by atoms with Gasteiger partial charge in [-0.2, -0.15) is 0 Å². The summed E-state index contributed by atoms with van der Waals surface area (Å²) in [4.78, 5) is 12.2. The summed E-state index contributed by atoms with van der Waals surface area (Å²) in [5.74, 6) is -0.327. The minimum absolute atomic E-state index is 0.195. The Morgan fingerprint density at radius 1 is 0.923 bits per heavy atom. The van der Waals surface area contributed by atoms with E-state index in [1.165, 1.54) is 23.8 Å². The summed E-state index contributed by atoms with van der Waals surface area (Å²) >= 11 is 6.53. The molecule has 3 heteroatoms. The summed E-state index contributed by atoms with van der Waals surface area (Å²) in [5.41, 5.74) is 7.02. The van der Waals surface area contributed by atoms with Crippen LogP contribution in [0.25, 0.3) is 22.3 Å². The second-order valence-electron chi connectivity index (χ2n) is 7.08. The molecule has 0 fully saturated rings. The number of fused-ring (bicyclic) bond motifs is 3. The number of rotatable bonds is 2. The monoisotopic (exact) mass is 362 g/mol. The molecule has 2 nitrogen and oxygen atoms in total. The molecule has 0 unspecified atom stereocenters. The Kier molecular flexibility index (Phi) is 3.89. The molecule has 3 aromatic rings. The van der Waals surface area contributed by atoms with Gasteiger partial charge in [0, 0.05) is 10.4 Å². The molecule has 0 aliphatic heterocycles. The van der Waals surface area contributed by atoms with Crippen LogP contribution in [0.2, 0.25) is 5.02 Å². The molecule has 26 heavy (non-hydrogen) atoms. The van der Waals surface area contributed by atoms with Gasteiger partial charge in [-0.1, -0.05) is 67.9 Å². The van der Waals surface area contributed by atoms with Crippen molar-refractivity contribution < 1.29 is 9.53 Å². The maximum absolute atomic E-state index is 12.2. The van der Waals surface area contributed by atoms with E-state index in [0.717, 1.165) is 21.7 Å². The summed E-state index contributed by atoms with van der Waals surface area (Å²) in [6, 6.07) is 20.0. The van der Waals surface area contributed by atoms with Gasteiger partial charge in [0.2, 0.25) is 0 Å². The van der Waals surface area contributed by atoms with E-state index >= 15 is 0 Å². The molecule has 0 bridgehead atoms. The van der Waals surface area contributed by atoms with Crippen LogP contribution < -0.4 is 0 Å². The van der Waals surface area contributed by atoms with Crippen molar-refractivity contribution in [1.82, 2.24) is 0 Å². The summed E-state index contributed by atoms with van der Waals surface area (Å²) < 4.78 is 4.94. The fraction of sp³-hybridized carbons (Fsp3) is 0.174. The molecule has 0 saturated carbocycles. The van der Waals surface area contributed by atoms with E-state index in [1.807, 2.05) is 30.3 Å². The van der Waals surface area contributed by atoms with Crippen LogP contribution in [0, 0.1) is 0 Å². The molecule has 0 radical (unpaired) electrons. The van der Waals surface area contributed by atoms with Gasteiger partial charge in [0.1, 0.15) is 0 Å². The topological polar surface area (TPSA) is 26.3 Å². The van der Waals surface area contributed by atoms with Gasteiger partial charge in [0.15, 0.2) is 0 Å². The summed E-state index contributed by atoms with van der Waals surface area (Å²) in [7, 11) is 1.41. The Morgan fingerprint density at radius 2 is 1.65 bits per heavy atom. The van der Waals surface area contributed by atoms with Crippen molar-refractivity contribution >= 4 is 17.6 Å². The quantitative estimate of drug-likeness (QED) is 0.515. The number of esters is 1. The van der Waals surface area contributed by atoms with Crippen molar-refractivity contribution in [3.05, 3.63) is 82.4 Å². The molecule has 0 heterocycles. The standard InChI is InChI=1S/C23H19ClO2/c1-23(2)19-13-14(15-7-4-5-8-18(15)22(25)26-3)11-12-16(19)17-9-6-10-20(24)21(17)23/h4-13H,1-3H3. The van der Waals surface area contributed by atoms with Gasteiger partial charge in [0.25, 0.3) is 0 Å². The fourth-order valence-corrected chi connectivity index (χ4v) is 4.42. The third-order valence-corrected chi connectivity index (χ3v) is 5.58. The number of halogens is 1. The molecule has 1 aliphatic carbocycles. The van der Waals surface area contributed by atoms with Crippen LogP contribution in [-0.2, 0) is 10.2 Å². The molecule has 0 N–H and O–H groups in total. The lowest BCUT2D eigenvalue weighted by atomic mass is 9.81. The lowest BCUT2D eigenvalue weighted by molar-refractivity contribution is 0.0601. The molecular weight excluding hydrogens is 344 g/mol. The summed E-state index contributed by atoms with van der Waals surface area (Å²) in [5, 5.41) is 0.792. The van der Waals surface area contributed by atoms with Crippen molar-refractivity contribution in [2.75, 3.05) is 7.11 Å². The number of hydrogen-bond donors (Lipinski definition) is 0. The Hall–Kier alpha value is -2.58. The second kappa shape index (κ2) is 6.00. The van der Waals surface area contributed by atoms with Gasteiger partial charge in [-0.25, -0.2) is 4.79 Å². The molecule has 1 aliphatic rings. The zero-order valence-corrected chi connectivity index (χ0v) is 15.7. The normalized spacial score (nSPS) is 13.8. The lowest BCUT2D eigenvalue weighted by Gasteiger charge is -2.23. The molecule has 0 spiro atoms. The van der Waals surface area contributed by atoms with Gasteiger partial charge in [-0.05, 0) is 51.6 Å². The van der Waals surface area contributed by atoms with Crippen LogP contribution in [-0.4, -0.2) is 13.1 Å². The van der Waals surface area contributed by atoms with E-state index in [4.69, 9.17) is 16.3 Å².